The van der Waals surface area contributed by atoms with Crippen LogP contribution in [-0.2, 0) is 6.54 Å². The van der Waals surface area contributed by atoms with Gasteiger partial charge in [-0.05, 0) is 61.8 Å². The Morgan fingerprint density at radius 1 is 1.38 bits per heavy atom. The predicted molar refractivity (Wildman–Crippen MR) is 87.6 cm³/mol. The van der Waals surface area contributed by atoms with E-state index in [0.717, 1.165) is 36.4 Å². The zero-order valence-corrected chi connectivity index (χ0v) is 13.3. The molecule has 114 valence electrons. The van der Waals surface area contributed by atoms with Crippen molar-refractivity contribution in [2.24, 2.45) is 23.5 Å². The van der Waals surface area contributed by atoms with E-state index in [1.54, 1.807) is 6.07 Å². The molecule has 0 heterocycles. The van der Waals surface area contributed by atoms with Crippen LogP contribution in [0.25, 0.3) is 0 Å². The fourth-order valence-electron chi connectivity index (χ4n) is 4.27. The Morgan fingerprint density at radius 3 is 2.81 bits per heavy atom. The third kappa shape index (κ3) is 3.27. The summed E-state index contributed by atoms with van der Waals surface area (Å²) in [6.07, 6.45) is 5.68. The maximum Gasteiger partial charge on any atom is 0.123 e. The highest BCUT2D eigenvalue weighted by Crippen LogP contribution is 2.48. The second-order valence-corrected chi connectivity index (χ2v) is 7.24. The second-order valence-electron chi connectivity index (χ2n) is 6.80. The van der Waals surface area contributed by atoms with E-state index < -0.39 is 0 Å². The third-order valence-corrected chi connectivity index (χ3v) is 5.43. The number of nitrogens with two attached hydrogens (primary N) is 1. The fraction of sp³-hybridized carbons (Fsp3) is 0.588. The molecule has 1 aromatic rings. The lowest BCUT2D eigenvalue weighted by Gasteiger charge is -2.27. The molecule has 0 aliphatic heterocycles. The smallest absolute Gasteiger partial charge is 0.123 e. The van der Waals surface area contributed by atoms with Crippen LogP contribution in [-0.4, -0.2) is 23.5 Å². The molecule has 2 aliphatic carbocycles. The van der Waals surface area contributed by atoms with Crippen molar-refractivity contribution in [1.82, 2.24) is 4.90 Å². The molecule has 0 saturated heterocycles. The van der Waals surface area contributed by atoms with Crippen molar-refractivity contribution in [1.29, 1.82) is 0 Å². The van der Waals surface area contributed by atoms with Gasteiger partial charge in [-0.25, -0.2) is 4.39 Å². The topological polar surface area (TPSA) is 29.3 Å². The van der Waals surface area contributed by atoms with Crippen LogP contribution in [0.5, 0.6) is 0 Å². The number of halogens is 1. The van der Waals surface area contributed by atoms with E-state index in [-0.39, 0.29) is 10.8 Å². The minimum absolute atomic E-state index is 0.276. The van der Waals surface area contributed by atoms with Gasteiger partial charge in [0.15, 0.2) is 0 Å². The van der Waals surface area contributed by atoms with E-state index in [1.165, 1.54) is 37.8 Å². The van der Waals surface area contributed by atoms with E-state index >= 15 is 0 Å². The van der Waals surface area contributed by atoms with E-state index in [9.17, 15) is 4.39 Å². The standard InChI is InChI=1S/C17H23FN2S/c1-20(10-14-7-11-2-3-12(14)6-11)9-13-4-5-15(18)8-16(13)17(19)21/h4-5,8,11-12,14H,2-3,6-7,9-10H2,1H3,(H2,19,21). The first-order valence-electron chi connectivity index (χ1n) is 7.79. The second kappa shape index (κ2) is 6.01. The van der Waals surface area contributed by atoms with Gasteiger partial charge in [-0.1, -0.05) is 24.7 Å². The third-order valence-electron chi connectivity index (χ3n) is 5.21. The monoisotopic (exact) mass is 306 g/mol. The van der Waals surface area contributed by atoms with Crippen LogP contribution in [0.1, 0.15) is 36.8 Å². The summed E-state index contributed by atoms with van der Waals surface area (Å²) < 4.78 is 13.3. The van der Waals surface area contributed by atoms with Crippen molar-refractivity contribution in [3.8, 4) is 0 Å². The Hall–Kier alpha value is -1.00. The van der Waals surface area contributed by atoms with Crippen LogP contribution in [0.3, 0.4) is 0 Å². The summed E-state index contributed by atoms with van der Waals surface area (Å²) in [5, 5.41) is 0. The van der Waals surface area contributed by atoms with Crippen molar-refractivity contribution in [3.05, 3.63) is 35.1 Å². The minimum Gasteiger partial charge on any atom is -0.389 e. The van der Waals surface area contributed by atoms with Gasteiger partial charge in [-0.2, -0.15) is 0 Å². The Labute approximate surface area is 131 Å². The normalized spacial score (nSPS) is 27.5. The molecular formula is C17H23FN2S. The van der Waals surface area contributed by atoms with E-state index in [4.69, 9.17) is 18.0 Å². The molecule has 0 amide bonds. The van der Waals surface area contributed by atoms with Crippen LogP contribution in [0.15, 0.2) is 18.2 Å². The molecule has 2 saturated carbocycles. The first-order valence-corrected chi connectivity index (χ1v) is 8.20. The molecule has 2 fully saturated rings. The molecule has 0 radical (unpaired) electrons. The van der Waals surface area contributed by atoms with Gasteiger partial charge in [0.2, 0.25) is 0 Å². The lowest BCUT2D eigenvalue weighted by atomic mass is 9.88. The van der Waals surface area contributed by atoms with Gasteiger partial charge in [-0.3, -0.25) is 0 Å². The molecular weight excluding hydrogens is 283 g/mol. The zero-order valence-electron chi connectivity index (χ0n) is 12.5. The number of benzene rings is 1. The fourth-order valence-corrected chi connectivity index (χ4v) is 4.46. The number of thiocarbonyl (C=S) groups is 1. The van der Waals surface area contributed by atoms with Crippen LogP contribution >= 0.6 is 12.2 Å². The van der Waals surface area contributed by atoms with Gasteiger partial charge < -0.3 is 10.6 Å². The Morgan fingerprint density at radius 2 is 2.19 bits per heavy atom. The number of fused-ring (bicyclic) bond motifs is 2. The first-order chi connectivity index (χ1) is 10.0. The molecule has 4 heteroatoms. The van der Waals surface area contributed by atoms with E-state index in [2.05, 4.69) is 11.9 Å². The zero-order chi connectivity index (χ0) is 15.0. The SMILES string of the molecule is CN(Cc1ccc(F)cc1C(N)=S)CC1CC2CCC1C2. The number of rotatable bonds is 5. The average molecular weight is 306 g/mol. The van der Waals surface area contributed by atoms with Gasteiger partial charge in [0.1, 0.15) is 10.8 Å². The largest absolute Gasteiger partial charge is 0.389 e. The molecule has 1 aromatic carbocycles. The Bertz CT molecular complexity index is 546. The minimum atomic E-state index is -0.280. The number of hydrogen-bond acceptors (Lipinski definition) is 2. The average Bonchev–Trinajstić information content (AvgIpc) is 3.02. The molecule has 2 bridgehead atoms. The van der Waals surface area contributed by atoms with E-state index in [1.807, 2.05) is 0 Å². The van der Waals surface area contributed by atoms with Crippen molar-refractivity contribution >= 4 is 17.2 Å². The molecule has 0 spiro atoms. The quantitative estimate of drug-likeness (QED) is 0.846. The summed E-state index contributed by atoms with van der Waals surface area (Å²) in [4.78, 5) is 2.61. The Balaban J connectivity index is 1.64. The molecule has 3 rings (SSSR count). The molecule has 3 atom stereocenters. The van der Waals surface area contributed by atoms with Gasteiger partial charge in [0.05, 0.1) is 0 Å². The lowest BCUT2D eigenvalue weighted by Crippen LogP contribution is -2.29. The van der Waals surface area contributed by atoms with Gasteiger partial charge >= 0.3 is 0 Å². The highest BCUT2D eigenvalue weighted by molar-refractivity contribution is 7.80. The molecule has 2 nitrogen and oxygen atoms in total. The maximum absolute atomic E-state index is 13.3. The summed E-state index contributed by atoms with van der Waals surface area (Å²) in [6.45, 7) is 1.90. The molecule has 2 aliphatic rings. The molecule has 3 unspecified atom stereocenters. The van der Waals surface area contributed by atoms with Crippen LogP contribution in [0, 0.1) is 23.6 Å². The van der Waals surface area contributed by atoms with Gasteiger partial charge in [-0.15, -0.1) is 0 Å². The molecule has 21 heavy (non-hydrogen) atoms. The first kappa shape index (κ1) is 14.9. The highest BCUT2D eigenvalue weighted by Gasteiger charge is 2.39. The van der Waals surface area contributed by atoms with Crippen molar-refractivity contribution in [3.63, 3.8) is 0 Å². The van der Waals surface area contributed by atoms with Crippen molar-refractivity contribution < 1.29 is 4.39 Å². The molecule has 2 N–H and O–H groups in total. The highest BCUT2D eigenvalue weighted by atomic mass is 32.1. The predicted octanol–water partition coefficient (Wildman–Crippen LogP) is 3.33. The van der Waals surface area contributed by atoms with Crippen LogP contribution < -0.4 is 5.73 Å². The maximum atomic E-state index is 13.3. The molecule has 0 aromatic heterocycles. The van der Waals surface area contributed by atoms with Gasteiger partial charge in [0.25, 0.3) is 0 Å². The lowest BCUT2D eigenvalue weighted by molar-refractivity contribution is 0.214. The number of nitrogens with zero attached hydrogens (tertiary/aromatic N) is 1. The number of hydrogen-bond donors (Lipinski definition) is 1. The summed E-state index contributed by atoms with van der Waals surface area (Å²) in [5.41, 5.74) is 7.41. The van der Waals surface area contributed by atoms with Crippen LogP contribution in [0.4, 0.5) is 4.39 Å². The van der Waals surface area contributed by atoms with E-state index in [0.29, 0.717) is 5.56 Å². The summed E-state index contributed by atoms with van der Waals surface area (Å²) in [6, 6.07) is 4.74. The van der Waals surface area contributed by atoms with Crippen molar-refractivity contribution in [2.45, 2.75) is 32.2 Å². The summed E-state index contributed by atoms with van der Waals surface area (Å²) in [5.74, 6) is 2.46. The van der Waals surface area contributed by atoms with Gasteiger partial charge in [0, 0.05) is 18.7 Å². The summed E-state index contributed by atoms with van der Waals surface area (Å²) >= 11 is 5.04. The summed E-state index contributed by atoms with van der Waals surface area (Å²) in [7, 11) is 2.14. The van der Waals surface area contributed by atoms with Crippen molar-refractivity contribution in [2.75, 3.05) is 13.6 Å². The van der Waals surface area contributed by atoms with Crippen LogP contribution in [0.2, 0.25) is 0 Å². The Kier molecular flexibility index (Phi) is 4.27.